The average Bonchev–Trinajstić information content (AvgIpc) is 3.21. The zero-order chi connectivity index (χ0) is 14.8. The summed E-state index contributed by atoms with van der Waals surface area (Å²) in [6, 6.07) is 6.56. The Morgan fingerprint density at radius 3 is 2.76 bits per heavy atom. The van der Waals surface area contributed by atoms with Crippen molar-refractivity contribution < 1.29 is 22.8 Å². The van der Waals surface area contributed by atoms with Crippen LogP contribution in [0.1, 0.15) is 30.1 Å². The number of ether oxygens (including phenoxy) is 2. The Labute approximate surface area is 120 Å². The van der Waals surface area contributed by atoms with E-state index in [0.29, 0.717) is 23.8 Å². The van der Waals surface area contributed by atoms with Gasteiger partial charge in [0.25, 0.3) is 0 Å². The Balaban J connectivity index is 2.03. The molecule has 0 aliphatic heterocycles. The lowest BCUT2D eigenvalue weighted by molar-refractivity contribution is -0.0494. The normalized spacial score (nSPS) is 14.7. The van der Waals surface area contributed by atoms with E-state index in [-0.39, 0.29) is 5.75 Å². The molecule has 0 radical (unpaired) electrons. The van der Waals surface area contributed by atoms with Crippen molar-refractivity contribution in [2.45, 2.75) is 32.0 Å². The highest BCUT2D eigenvalue weighted by Gasteiger charge is 2.33. The number of benzene rings is 1. The second-order valence-corrected chi connectivity index (χ2v) is 4.96. The molecule has 1 aromatic heterocycles. The minimum Gasteiger partial charge on any atom is -0.434 e. The standard InChI is InChI=1S/C15H15F2NO3/c1-19-8-11-13(18-21-14(11)9-6-7-9)10-4-2-3-5-12(10)20-15(16)17/h2-5,9,15H,6-8H2,1H3. The lowest BCUT2D eigenvalue weighted by Crippen LogP contribution is -2.03. The molecule has 4 nitrogen and oxygen atoms in total. The van der Waals surface area contributed by atoms with E-state index < -0.39 is 6.61 Å². The summed E-state index contributed by atoms with van der Waals surface area (Å²) in [5, 5.41) is 4.05. The first-order valence-corrected chi connectivity index (χ1v) is 6.72. The first kappa shape index (κ1) is 14.0. The van der Waals surface area contributed by atoms with Crippen LogP contribution in [0.3, 0.4) is 0 Å². The monoisotopic (exact) mass is 295 g/mol. The van der Waals surface area contributed by atoms with Crippen molar-refractivity contribution in [3.8, 4) is 17.0 Å². The molecule has 6 heteroatoms. The van der Waals surface area contributed by atoms with E-state index in [1.165, 1.54) is 6.07 Å². The van der Waals surface area contributed by atoms with Crippen molar-refractivity contribution in [2.24, 2.45) is 0 Å². The first-order valence-electron chi connectivity index (χ1n) is 6.72. The predicted octanol–water partition coefficient (Wildman–Crippen LogP) is 3.97. The molecule has 1 fully saturated rings. The molecule has 1 aliphatic carbocycles. The summed E-state index contributed by atoms with van der Waals surface area (Å²) in [7, 11) is 1.58. The van der Waals surface area contributed by atoms with Gasteiger partial charge in [0.1, 0.15) is 17.2 Å². The van der Waals surface area contributed by atoms with Crippen LogP contribution in [0, 0.1) is 0 Å². The summed E-state index contributed by atoms with van der Waals surface area (Å²) in [6.45, 7) is -2.56. The molecule has 21 heavy (non-hydrogen) atoms. The lowest BCUT2D eigenvalue weighted by atomic mass is 10.0. The third kappa shape index (κ3) is 2.90. The maximum atomic E-state index is 12.5. The number of hydrogen-bond acceptors (Lipinski definition) is 4. The molecule has 0 spiro atoms. The number of rotatable bonds is 6. The molecule has 0 unspecified atom stereocenters. The van der Waals surface area contributed by atoms with Gasteiger partial charge < -0.3 is 14.0 Å². The van der Waals surface area contributed by atoms with Crippen LogP contribution in [0.15, 0.2) is 28.8 Å². The van der Waals surface area contributed by atoms with E-state index in [1.807, 2.05) is 0 Å². The zero-order valence-corrected chi connectivity index (χ0v) is 11.5. The summed E-state index contributed by atoms with van der Waals surface area (Å²) in [5.41, 5.74) is 1.81. The van der Waals surface area contributed by atoms with Crippen LogP contribution in [0.4, 0.5) is 8.78 Å². The van der Waals surface area contributed by atoms with Gasteiger partial charge in [0, 0.05) is 24.2 Å². The number of para-hydroxylation sites is 1. The molecule has 1 aliphatic rings. The van der Waals surface area contributed by atoms with E-state index in [0.717, 1.165) is 24.2 Å². The molecule has 0 saturated heterocycles. The van der Waals surface area contributed by atoms with Gasteiger partial charge in [-0.2, -0.15) is 8.78 Å². The van der Waals surface area contributed by atoms with Crippen molar-refractivity contribution in [2.75, 3.05) is 7.11 Å². The molecule has 3 rings (SSSR count). The number of halogens is 2. The van der Waals surface area contributed by atoms with Gasteiger partial charge in [0.2, 0.25) is 0 Å². The fraction of sp³-hybridized carbons (Fsp3) is 0.400. The van der Waals surface area contributed by atoms with Crippen molar-refractivity contribution in [3.63, 3.8) is 0 Å². The van der Waals surface area contributed by atoms with Crippen LogP contribution < -0.4 is 4.74 Å². The van der Waals surface area contributed by atoms with Crippen molar-refractivity contribution in [1.29, 1.82) is 0 Å². The van der Waals surface area contributed by atoms with Gasteiger partial charge in [0.15, 0.2) is 0 Å². The minimum atomic E-state index is -2.88. The fourth-order valence-electron chi connectivity index (χ4n) is 2.34. The molecule has 112 valence electrons. The van der Waals surface area contributed by atoms with Gasteiger partial charge in [-0.1, -0.05) is 17.3 Å². The Hall–Kier alpha value is -1.95. The second kappa shape index (κ2) is 5.81. The molecule has 1 saturated carbocycles. The summed E-state index contributed by atoms with van der Waals surface area (Å²) in [5.74, 6) is 1.23. The minimum absolute atomic E-state index is 0.0838. The van der Waals surface area contributed by atoms with Gasteiger partial charge >= 0.3 is 6.61 Å². The Morgan fingerprint density at radius 2 is 2.10 bits per heavy atom. The molecule has 0 amide bonds. The van der Waals surface area contributed by atoms with Crippen LogP contribution in [-0.2, 0) is 11.3 Å². The van der Waals surface area contributed by atoms with Gasteiger partial charge in [-0.05, 0) is 25.0 Å². The molecular formula is C15H15F2NO3. The van der Waals surface area contributed by atoms with Crippen molar-refractivity contribution in [1.82, 2.24) is 5.16 Å². The summed E-state index contributed by atoms with van der Waals surface area (Å²) in [6.07, 6.45) is 2.11. The smallest absolute Gasteiger partial charge is 0.387 e. The van der Waals surface area contributed by atoms with Crippen molar-refractivity contribution >= 4 is 0 Å². The Morgan fingerprint density at radius 1 is 1.33 bits per heavy atom. The SMILES string of the molecule is COCc1c(-c2ccccc2OC(F)F)noc1C1CC1. The third-order valence-electron chi connectivity index (χ3n) is 3.41. The number of hydrogen-bond donors (Lipinski definition) is 0. The first-order chi connectivity index (χ1) is 10.2. The number of aromatic nitrogens is 1. The Kier molecular flexibility index (Phi) is 3.88. The third-order valence-corrected chi connectivity index (χ3v) is 3.41. The summed E-state index contributed by atoms with van der Waals surface area (Å²) < 4.78 is 40.2. The quantitative estimate of drug-likeness (QED) is 0.809. The lowest BCUT2D eigenvalue weighted by Gasteiger charge is -2.09. The van der Waals surface area contributed by atoms with E-state index in [1.54, 1.807) is 25.3 Å². The molecule has 0 atom stereocenters. The van der Waals surface area contributed by atoms with Crippen LogP contribution in [0.25, 0.3) is 11.3 Å². The average molecular weight is 295 g/mol. The molecular weight excluding hydrogens is 280 g/mol. The topological polar surface area (TPSA) is 44.5 Å². The van der Waals surface area contributed by atoms with Gasteiger partial charge in [-0.15, -0.1) is 0 Å². The van der Waals surface area contributed by atoms with Gasteiger partial charge in [-0.3, -0.25) is 0 Å². The maximum Gasteiger partial charge on any atom is 0.387 e. The van der Waals surface area contributed by atoms with E-state index in [4.69, 9.17) is 9.26 Å². The van der Waals surface area contributed by atoms with Crippen LogP contribution in [-0.4, -0.2) is 18.9 Å². The second-order valence-electron chi connectivity index (χ2n) is 4.96. The molecule has 1 heterocycles. The van der Waals surface area contributed by atoms with E-state index >= 15 is 0 Å². The zero-order valence-electron chi connectivity index (χ0n) is 11.5. The Bertz CT molecular complexity index is 623. The van der Waals surface area contributed by atoms with Crippen LogP contribution in [0.5, 0.6) is 5.75 Å². The number of nitrogens with zero attached hydrogens (tertiary/aromatic N) is 1. The highest BCUT2D eigenvalue weighted by atomic mass is 19.3. The van der Waals surface area contributed by atoms with Crippen LogP contribution >= 0.6 is 0 Å². The molecule has 2 aromatic rings. The van der Waals surface area contributed by atoms with E-state index in [9.17, 15) is 8.78 Å². The van der Waals surface area contributed by atoms with Gasteiger partial charge in [-0.25, -0.2) is 0 Å². The summed E-state index contributed by atoms with van der Waals surface area (Å²) in [4.78, 5) is 0. The molecule has 0 N–H and O–H groups in total. The van der Waals surface area contributed by atoms with Crippen molar-refractivity contribution in [3.05, 3.63) is 35.6 Å². The molecule has 0 bridgehead atoms. The van der Waals surface area contributed by atoms with Crippen LogP contribution in [0.2, 0.25) is 0 Å². The fourth-order valence-corrected chi connectivity index (χ4v) is 2.34. The maximum absolute atomic E-state index is 12.5. The summed E-state index contributed by atoms with van der Waals surface area (Å²) >= 11 is 0. The largest absolute Gasteiger partial charge is 0.434 e. The van der Waals surface area contributed by atoms with E-state index in [2.05, 4.69) is 9.89 Å². The number of methoxy groups -OCH3 is 1. The predicted molar refractivity (Wildman–Crippen MR) is 71.3 cm³/mol. The highest BCUT2D eigenvalue weighted by Crippen LogP contribution is 2.45. The molecule has 1 aromatic carbocycles. The highest BCUT2D eigenvalue weighted by molar-refractivity contribution is 5.70. The number of alkyl halides is 2. The van der Waals surface area contributed by atoms with Gasteiger partial charge in [0.05, 0.1) is 6.61 Å².